The number of methoxy groups -OCH3 is 1. The van der Waals surface area contributed by atoms with Crippen LogP contribution in [0.2, 0.25) is 0 Å². The van der Waals surface area contributed by atoms with Gasteiger partial charge in [0.25, 0.3) is 0 Å². The first-order valence-electron chi connectivity index (χ1n) is 6.70. The summed E-state index contributed by atoms with van der Waals surface area (Å²) < 4.78 is 5.40. The average molecular weight is 247 g/mol. The molecule has 0 amide bonds. The molecule has 2 nitrogen and oxygen atoms in total. The van der Waals surface area contributed by atoms with Gasteiger partial charge in [0.1, 0.15) is 5.75 Å². The molecule has 0 aliphatic heterocycles. The lowest BCUT2D eigenvalue weighted by Crippen LogP contribution is -2.11. The van der Waals surface area contributed by atoms with Crippen molar-refractivity contribution < 1.29 is 4.74 Å². The Morgan fingerprint density at radius 1 is 1.33 bits per heavy atom. The molecule has 0 fully saturated rings. The quantitative estimate of drug-likeness (QED) is 0.553. The first-order chi connectivity index (χ1) is 8.69. The summed E-state index contributed by atoms with van der Waals surface area (Å²) >= 11 is 0. The van der Waals surface area contributed by atoms with Crippen LogP contribution in [0.3, 0.4) is 0 Å². The van der Waals surface area contributed by atoms with E-state index in [1.54, 1.807) is 7.11 Å². The third-order valence-electron chi connectivity index (χ3n) is 3.21. The van der Waals surface area contributed by atoms with Gasteiger partial charge in [-0.3, -0.25) is 0 Å². The second kappa shape index (κ2) is 7.93. The summed E-state index contributed by atoms with van der Waals surface area (Å²) in [5, 5.41) is 0. The van der Waals surface area contributed by atoms with Crippen LogP contribution in [0.25, 0.3) is 0 Å². The van der Waals surface area contributed by atoms with Crippen LogP contribution in [-0.2, 0) is 0 Å². The summed E-state index contributed by atoms with van der Waals surface area (Å²) in [6.45, 7) is 5.79. The van der Waals surface area contributed by atoms with Crippen molar-refractivity contribution in [1.82, 2.24) is 0 Å². The van der Waals surface area contributed by atoms with Crippen molar-refractivity contribution in [2.45, 2.75) is 45.1 Å². The maximum atomic E-state index is 6.24. The van der Waals surface area contributed by atoms with Crippen LogP contribution in [0.4, 0.5) is 0 Å². The van der Waals surface area contributed by atoms with Gasteiger partial charge in [-0.1, -0.05) is 31.1 Å². The van der Waals surface area contributed by atoms with E-state index >= 15 is 0 Å². The van der Waals surface area contributed by atoms with Gasteiger partial charge >= 0.3 is 0 Å². The van der Waals surface area contributed by atoms with Crippen molar-refractivity contribution in [3.63, 3.8) is 0 Å². The molecule has 1 atom stereocenters. The molecule has 0 aliphatic carbocycles. The Morgan fingerprint density at radius 3 is 2.78 bits per heavy atom. The second-order valence-corrected chi connectivity index (χ2v) is 4.78. The number of ether oxygens (including phenoxy) is 1. The molecule has 18 heavy (non-hydrogen) atoms. The van der Waals surface area contributed by atoms with E-state index in [1.807, 2.05) is 12.1 Å². The molecule has 0 aromatic heterocycles. The highest BCUT2D eigenvalue weighted by Crippen LogP contribution is 2.28. The lowest BCUT2D eigenvalue weighted by molar-refractivity contribution is 0.403. The minimum absolute atomic E-state index is 0.0734. The molecule has 0 radical (unpaired) electrons. The summed E-state index contributed by atoms with van der Waals surface area (Å²) in [4.78, 5) is 0. The van der Waals surface area contributed by atoms with Crippen molar-refractivity contribution >= 4 is 0 Å². The molecule has 0 spiro atoms. The molecular weight excluding hydrogens is 222 g/mol. The SMILES string of the molecule is C=CCCCCCC(N)c1ccc(C)cc1OC. The van der Waals surface area contributed by atoms with E-state index in [9.17, 15) is 0 Å². The van der Waals surface area contributed by atoms with E-state index in [0.717, 1.165) is 30.6 Å². The molecule has 0 bridgehead atoms. The number of rotatable bonds is 8. The van der Waals surface area contributed by atoms with E-state index in [-0.39, 0.29) is 6.04 Å². The fraction of sp³-hybridized carbons (Fsp3) is 0.500. The molecular formula is C16H25NO. The third-order valence-corrected chi connectivity index (χ3v) is 3.21. The van der Waals surface area contributed by atoms with Gasteiger partial charge in [0, 0.05) is 11.6 Å². The Balaban J connectivity index is 2.50. The molecule has 1 unspecified atom stereocenters. The highest BCUT2D eigenvalue weighted by molar-refractivity contribution is 5.39. The lowest BCUT2D eigenvalue weighted by Gasteiger charge is -2.16. The van der Waals surface area contributed by atoms with Gasteiger partial charge in [0.15, 0.2) is 0 Å². The van der Waals surface area contributed by atoms with E-state index in [1.165, 1.54) is 18.4 Å². The van der Waals surface area contributed by atoms with E-state index < -0.39 is 0 Å². The Hall–Kier alpha value is -1.28. The highest BCUT2D eigenvalue weighted by Gasteiger charge is 2.11. The third kappa shape index (κ3) is 4.53. The van der Waals surface area contributed by atoms with Crippen molar-refractivity contribution in [2.24, 2.45) is 5.73 Å². The number of aryl methyl sites for hydroxylation is 1. The Labute approximate surface area is 111 Å². The smallest absolute Gasteiger partial charge is 0.123 e. The lowest BCUT2D eigenvalue weighted by atomic mass is 9.99. The monoisotopic (exact) mass is 247 g/mol. The number of allylic oxidation sites excluding steroid dienone is 1. The average Bonchev–Trinajstić information content (AvgIpc) is 2.38. The molecule has 1 aromatic rings. The second-order valence-electron chi connectivity index (χ2n) is 4.78. The summed E-state index contributed by atoms with van der Waals surface area (Å²) in [5.74, 6) is 0.911. The van der Waals surface area contributed by atoms with Gasteiger partial charge in [0.2, 0.25) is 0 Å². The summed E-state index contributed by atoms with van der Waals surface area (Å²) in [6, 6.07) is 6.30. The molecule has 0 heterocycles. The zero-order chi connectivity index (χ0) is 13.4. The topological polar surface area (TPSA) is 35.2 Å². The first kappa shape index (κ1) is 14.8. The van der Waals surface area contributed by atoms with E-state index in [2.05, 4.69) is 25.6 Å². The fourth-order valence-corrected chi connectivity index (χ4v) is 2.11. The predicted octanol–water partition coefficient (Wildman–Crippen LogP) is 4.14. The van der Waals surface area contributed by atoms with Gasteiger partial charge < -0.3 is 10.5 Å². The number of hydrogen-bond acceptors (Lipinski definition) is 2. The van der Waals surface area contributed by atoms with E-state index in [4.69, 9.17) is 10.5 Å². The van der Waals surface area contributed by atoms with Crippen LogP contribution in [-0.4, -0.2) is 7.11 Å². The van der Waals surface area contributed by atoms with E-state index in [0.29, 0.717) is 0 Å². The van der Waals surface area contributed by atoms with Crippen molar-refractivity contribution in [3.8, 4) is 5.75 Å². The molecule has 2 N–H and O–H groups in total. The van der Waals surface area contributed by atoms with Crippen LogP contribution in [0.1, 0.15) is 49.3 Å². The van der Waals surface area contributed by atoms with Gasteiger partial charge in [-0.25, -0.2) is 0 Å². The molecule has 0 saturated carbocycles. The molecule has 0 saturated heterocycles. The first-order valence-corrected chi connectivity index (χ1v) is 6.70. The van der Waals surface area contributed by atoms with Gasteiger partial charge in [-0.2, -0.15) is 0 Å². The molecule has 0 aliphatic rings. The van der Waals surface area contributed by atoms with Crippen LogP contribution < -0.4 is 10.5 Å². The molecule has 1 aromatic carbocycles. The summed E-state index contributed by atoms with van der Waals surface area (Å²) in [6.07, 6.45) is 7.67. The van der Waals surface area contributed by atoms with Gasteiger partial charge in [0.05, 0.1) is 7.11 Å². The Kier molecular flexibility index (Phi) is 6.51. The number of benzene rings is 1. The predicted molar refractivity (Wildman–Crippen MR) is 77.9 cm³/mol. The minimum Gasteiger partial charge on any atom is -0.496 e. The summed E-state index contributed by atoms with van der Waals surface area (Å²) in [5.41, 5.74) is 8.56. The number of unbranched alkanes of at least 4 members (excludes halogenated alkanes) is 3. The van der Waals surface area contributed by atoms with Crippen LogP contribution >= 0.6 is 0 Å². The molecule has 100 valence electrons. The van der Waals surface area contributed by atoms with Crippen LogP contribution in [0.5, 0.6) is 5.75 Å². The number of hydrogen-bond donors (Lipinski definition) is 1. The Morgan fingerprint density at radius 2 is 2.11 bits per heavy atom. The van der Waals surface area contributed by atoms with Crippen molar-refractivity contribution in [3.05, 3.63) is 42.0 Å². The van der Waals surface area contributed by atoms with Crippen LogP contribution in [0, 0.1) is 6.92 Å². The maximum absolute atomic E-state index is 6.24. The zero-order valence-corrected chi connectivity index (χ0v) is 11.6. The number of nitrogens with two attached hydrogens (primary N) is 1. The normalized spacial score (nSPS) is 12.2. The summed E-state index contributed by atoms with van der Waals surface area (Å²) in [7, 11) is 1.70. The molecule has 1 rings (SSSR count). The van der Waals surface area contributed by atoms with Crippen LogP contribution in [0.15, 0.2) is 30.9 Å². The van der Waals surface area contributed by atoms with Gasteiger partial charge in [-0.05, 0) is 37.8 Å². The molecule has 2 heteroatoms. The fourth-order valence-electron chi connectivity index (χ4n) is 2.11. The largest absolute Gasteiger partial charge is 0.496 e. The zero-order valence-electron chi connectivity index (χ0n) is 11.6. The standard InChI is InChI=1S/C16H25NO/c1-4-5-6-7-8-9-15(17)14-11-10-13(2)12-16(14)18-3/h4,10-12,15H,1,5-9,17H2,2-3H3. The van der Waals surface area contributed by atoms with Crippen molar-refractivity contribution in [1.29, 1.82) is 0 Å². The Bertz CT molecular complexity index is 373. The maximum Gasteiger partial charge on any atom is 0.123 e. The highest BCUT2D eigenvalue weighted by atomic mass is 16.5. The minimum atomic E-state index is 0.0734. The van der Waals surface area contributed by atoms with Gasteiger partial charge in [-0.15, -0.1) is 6.58 Å². The van der Waals surface area contributed by atoms with Crippen molar-refractivity contribution in [2.75, 3.05) is 7.11 Å².